The Labute approximate surface area is 142 Å². The third-order valence-corrected chi connectivity index (χ3v) is 4.91. The Morgan fingerprint density at radius 1 is 1.25 bits per heavy atom. The molecule has 1 aromatic heterocycles. The normalized spacial score (nSPS) is 16.5. The molecule has 2 aromatic rings. The number of rotatable bonds is 4. The predicted octanol–water partition coefficient (Wildman–Crippen LogP) is 2.04. The van der Waals surface area contributed by atoms with Crippen LogP contribution in [-0.2, 0) is 13.6 Å². The molecule has 0 bridgehead atoms. The van der Waals surface area contributed by atoms with Crippen LogP contribution in [0.5, 0.6) is 5.75 Å². The second-order valence-corrected chi connectivity index (χ2v) is 6.63. The summed E-state index contributed by atoms with van der Waals surface area (Å²) in [7, 11) is 3.42. The van der Waals surface area contributed by atoms with E-state index in [9.17, 15) is 4.79 Å². The van der Waals surface area contributed by atoms with Gasteiger partial charge in [0.15, 0.2) is 0 Å². The maximum Gasteiger partial charge on any atom is 0.345 e. The van der Waals surface area contributed by atoms with E-state index < -0.39 is 0 Å². The Balaban J connectivity index is 1.63. The Hall–Kier alpha value is -2.08. The monoisotopic (exact) mass is 330 g/mol. The van der Waals surface area contributed by atoms with E-state index in [1.54, 1.807) is 14.2 Å². The maximum absolute atomic E-state index is 12.2. The van der Waals surface area contributed by atoms with Crippen molar-refractivity contribution in [1.29, 1.82) is 0 Å². The summed E-state index contributed by atoms with van der Waals surface area (Å²) in [6.07, 6.45) is 1.98. The van der Waals surface area contributed by atoms with E-state index in [2.05, 4.69) is 29.1 Å². The highest BCUT2D eigenvalue weighted by Crippen LogP contribution is 2.24. The largest absolute Gasteiger partial charge is 0.496 e. The minimum atomic E-state index is -0.00303. The molecule has 1 aliphatic rings. The molecular weight excluding hydrogens is 304 g/mol. The molecule has 6 nitrogen and oxygen atoms in total. The number of aryl methyl sites for hydroxylation is 3. The number of likely N-dealkylation sites (tertiary alicyclic amines) is 1. The SMILES string of the molecule is COc1ccc(CN2CCC(n3c(C)nn(C)c3=O)CC2)cc1C. The van der Waals surface area contributed by atoms with Crippen molar-refractivity contribution in [3.63, 3.8) is 0 Å². The molecule has 2 heterocycles. The second-order valence-electron chi connectivity index (χ2n) is 6.63. The highest BCUT2D eigenvalue weighted by atomic mass is 16.5. The summed E-state index contributed by atoms with van der Waals surface area (Å²) in [6.45, 7) is 6.92. The molecule has 0 saturated carbocycles. The van der Waals surface area contributed by atoms with Crippen LogP contribution in [0.3, 0.4) is 0 Å². The average molecular weight is 330 g/mol. The third-order valence-electron chi connectivity index (χ3n) is 4.91. The molecule has 0 atom stereocenters. The van der Waals surface area contributed by atoms with Crippen molar-refractivity contribution < 1.29 is 4.74 Å². The number of ether oxygens (including phenoxy) is 1. The number of hydrogen-bond donors (Lipinski definition) is 0. The van der Waals surface area contributed by atoms with E-state index in [0.29, 0.717) is 0 Å². The van der Waals surface area contributed by atoms with Crippen molar-refractivity contribution in [2.75, 3.05) is 20.2 Å². The van der Waals surface area contributed by atoms with Crippen molar-refractivity contribution in [1.82, 2.24) is 19.2 Å². The highest BCUT2D eigenvalue weighted by molar-refractivity contribution is 5.36. The first-order chi connectivity index (χ1) is 11.5. The van der Waals surface area contributed by atoms with E-state index in [-0.39, 0.29) is 11.7 Å². The van der Waals surface area contributed by atoms with Gasteiger partial charge in [-0.2, -0.15) is 5.10 Å². The van der Waals surface area contributed by atoms with Crippen LogP contribution < -0.4 is 10.4 Å². The summed E-state index contributed by atoms with van der Waals surface area (Å²) in [6, 6.07) is 6.63. The fourth-order valence-electron chi connectivity index (χ4n) is 3.66. The summed E-state index contributed by atoms with van der Waals surface area (Å²) < 4.78 is 8.61. The van der Waals surface area contributed by atoms with Crippen LogP contribution in [0.25, 0.3) is 0 Å². The fraction of sp³-hybridized carbons (Fsp3) is 0.556. The maximum atomic E-state index is 12.2. The Morgan fingerprint density at radius 2 is 1.96 bits per heavy atom. The molecule has 1 aliphatic heterocycles. The summed E-state index contributed by atoms with van der Waals surface area (Å²) in [5.41, 5.74) is 2.47. The molecule has 1 fully saturated rings. The zero-order chi connectivity index (χ0) is 17.3. The fourth-order valence-corrected chi connectivity index (χ4v) is 3.66. The van der Waals surface area contributed by atoms with Gasteiger partial charge in [0.25, 0.3) is 0 Å². The summed E-state index contributed by atoms with van der Waals surface area (Å²) in [5.74, 6) is 1.75. The summed E-state index contributed by atoms with van der Waals surface area (Å²) in [4.78, 5) is 14.7. The lowest BCUT2D eigenvalue weighted by Crippen LogP contribution is -2.37. The van der Waals surface area contributed by atoms with Crippen molar-refractivity contribution in [3.05, 3.63) is 45.6 Å². The molecular formula is C18H26N4O2. The molecule has 0 unspecified atom stereocenters. The van der Waals surface area contributed by atoms with E-state index >= 15 is 0 Å². The smallest absolute Gasteiger partial charge is 0.345 e. The topological polar surface area (TPSA) is 52.3 Å². The zero-order valence-corrected chi connectivity index (χ0v) is 15.0. The number of nitrogens with zero attached hydrogens (tertiary/aromatic N) is 4. The summed E-state index contributed by atoms with van der Waals surface area (Å²) in [5, 5.41) is 4.24. The van der Waals surface area contributed by atoms with Gasteiger partial charge >= 0.3 is 5.69 Å². The molecule has 3 rings (SSSR count). The number of hydrogen-bond acceptors (Lipinski definition) is 4. The predicted molar refractivity (Wildman–Crippen MR) is 93.5 cm³/mol. The lowest BCUT2D eigenvalue weighted by atomic mass is 10.0. The first kappa shape index (κ1) is 16.8. The standard InChI is InChI=1S/C18H26N4O2/c1-13-11-15(5-6-17(13)24-4)12-21-9-7-16(8-10-21)22-14(2)19-20(3)18(22)23/h5-6,11,16H,7-10,12H2,1-4H3. The number of piperidine rings is 1. The Morgan fingerprint density at radius 3 is 2.50 bits per heavy atom. The number of aromatic nitrogens is 3. The molecule has 0 amide bonds. The van der Waals surface area contributed by atoms with Gasteiger partial charge in [-0.3, -0.25) is 9.47 Å². The molecule has 0 N–H and O–H groups in total. The van der Waals surface area contributed by atoms with Crippen LogP contribution in [0.4, 0.5) is 0 Å². The van der Waals surface area contributed by atoms with E-state index in [1.807, 2.05) is 17.6 Å². The average Bonchev–Trinajstić information content (AvgIpc) is 2.81. The van der Waals surface area contributed by atoms with Gasteiger partial charge in [-0.1, -0.05) is 12.1 Å². The Bertz CT molecular complexity index is 770. The zero-order valence-electron chi connectivity index (χ0n) is 15.0. The number of benzene rings is 1. The van der Waals surface area contributed by atoms with Crippen LogP contribution in [0.15, 0.2) is 23.0 Å². The van der Waals surface area contributed by atoms with Crippen LogP contribution in [0.2, 0.25) is 0 Å². The van der Waals surface area contributed by atoms with Gasteiger partial charge in [-0.15, -0.1) is 0 Å². The van der Waals surface area contributed by atoms with Crippen molar-refractivity contribution in [3.8, 4) is 5.75 Å². The first-order valence-electron chi connectivity index (χ1n) is 8.47. The van der Waals surface area contributed by atoms with Gasteiger partial charge in [0, 0.05) is 32.7 Å². The molecule has 1 saturated heterocycles. The summed E-state index contributed by atoms with van der Waals surface area (Å²) >= 11 is 0. The molecule has 24 heavy (non-hydrogen) atoms. The van der Waals surface area contributed by atoms with Crippen molar-refractivity contribution >= 4 is 0 Å². The third kappa shape index (κ3) is 3.24. The van der Waals surface area contributed by atoms with Gasteiger partial charge in [-0.25, -0.2) is 9.48 Å². The van der Waals surface area contributed by atoms with Crippen LogP contribution in [0, 0.1) is 13.8 Å². The minimum Gasteiger partial charge on any atom is -0.496 e. The van der Waals surface area contributed by atoms with Crippen molar-refractivity contribution in [2.24, 2.45) is 7.05 Å². The van der Waals surface area contributed by atoms with Crippen LogP contribution in [-0.4, -0.2) is 39.4 Å². The minimum absolute atomic E-state index is 0.00303. The van der Waals surface area contributed by atoms with Crippen molar-refractivity contribution in [2.45, 2.75) is 39.3 Å². The van der Waals surface area contributed by atoms with E-state index in [0.717, 1.165) is 44.0 Å². The van der Waals surface area contributed by atoms with Gasteiger partial charge < -0.3 is 4.74 Å². The molecule has 0 spiro atoms. The van der Waals surface area contributed by atoms with Crippen LogP contribution >= 0.6 is 0 Å². The highest BCUT2D eigenvalue weighted by Gasteiger charge is 2.24. The Kier molecular flexibility index (Phi) is 4.76. The van der Waals surface area contributed by atoms with Gasteiger partial charge in [0.05, 0.1) is 7.11 Å². The van der Waals surface area contributed by atoms with Gasteiger partial charge in [0.1, 0.15) is 11.6 Å². The van der Waals surface area contributed by atoms with E-state index in [4.69, 9.17) is 4.74 Å². The van der Waals surface area contributed by atoms with Crippen LogP contribution in [0.1, 0.15) is 35.8 Å². The van der Waals surface area contributed by atoms with E-state index in [1.165, 1.54) is 15.8 Å². The van der Waals surface area contributed by atoms with Gasteiger partial charge in [-0.05, 0) is 43.9 Å². The molecule has 130 valence electrons. The van der Waals surface area contributed by atoms with Gasteiger partial charge in [0.2, 0.25) is 0 Å². The second kappa shape index (κ2) is 6.81. The molecule has 0 radical (unpaired) electrons. The molecule has 1 aromatic carbocycles. The lowest BCUT2D eigenvalue weighted by molar-refractivity contribution is 0.176. The lowest BCUT2D eigenvalue weighted by Gasteiger charge is -2.32. The number of methoxy groups -OCH3 is 1. The molecule has 0 aliphatic carbocycles. The quantitative estimate of drug-likeness (QED) is 0.861. The first-order valence-corrected chi connectivity index (χ1v) is 8.47. The molecule has 6 heteroatoms.